The minimum absolute atomic E-state index is 0.0508. The quantitative estimate of drug-likeness (QED) is 0.708. The molecule has 0 amide bonds. The van der Waals surface area contributed by atoms with Gasteiger partial charge < -0.3 is 4.57 Å². The number of imidazole rings is 1. The summed E-state index contributed by atoms with van der Waals surface area (Å²) in [7, 11) is 1.65. The molecule has 0 atom stereocenters. The van der Waals surface area contributed by atoms with Gasteiger partial charge in [0.2, 0.25) is 5.92 Å². The molecule has 1 aromatic heterocycles. The Morgan fingerprint density at radius 1 is 1.50 bits per heavy atom. The number of alkyl halides is 2. The minimum atomic E-state index is -2.50. The summed E-state index contributed by atoms with van der Waals surface area (Å²) in [5.74, 6) is -2.55. The van der Waals surface area contributed by atoms with Crippen molar-refractivity contribution in [2.45, 2.75) is 25.3 Å². The zero-order valence-electron chi connectivity index (χ0n) is 7.91. The molecule has 0 radical (unpaired) electrons. The predicted molar refractivity (Wildman–Crippen MR) is 47.3 cm³/mol. The Kier molecular flexibility index (Phi) is 1.97. The Hall–Kier alpha value is -1.13. The van der Waals surface area contributed by atoms with Crippen LogP contribution in [0.2, 0.25) is 0 Å². The standard InChI is InChI=1S/C9H12F2N2O/c1-12-2-3-13(8(12)14)6-7-4-9(10,11)5-7/h2-3,7H,4-6H2,1H3. The van der Waals surface area contributed by atoms with Crippen LogP contribution in [0.15, 0.2) is 17.2 Å². The van der Waals surface area contributed by atoms with E-state index in [9.17, 15) is 13.6 Å². The van der Waals surface area contributed by atoms with Gasteiger partial charge in [0.15, 0.2) is 0 Å². The maximum Gasteiger partial charge on any atom is 0.327 e. The van der Waals surface area contributed by atoms with E-state index in [2.05, 4.69) is 0 Å². The van der Waals surface area contributed by atoms with Crippen LogP contribution in [-0.4, -0.2) is 15.1 Å². The van der Waals surface area contributed by atoms with Gasteiger partial charge in [0.25, 0.3) is 0 Å². The van der Waals surface area contributed by atoms with E-state index in [1.807, 2.05) is 0 Å². The Labute approximate surface area is 80.0 Å². The number of halogens is 2. The molecule has 0 spiro atoms. The van der Waals surface area contributed by atoms with Crippen LogP contribution in [0.4, 0.5) is 8.78 Å². The van der Waals surface area contributed by atoms with Gasteiger partial charge in [-0.1, -0.05) is 0 Å². The fourth-order valence-electron chi connectivity index (χ4n) is 1.84. The summed E-state index contributed by atoms with van der Waals surface area (Å²) >= 11 is 0. The maximum atomic E-state index is 12.5. The molecule has 1 aliphatic carbocycles. The molecule has 78 valence electrons. The zero-order valence-corrected chi connectivity index (χ0v) is 7.91. The Morgan fingerprint density at radius 3 is 2.57 bits per heavy atom. The highest BCUT2D eigenvalue weighted by atomic mass is 19.3. The number of hydrogen-bond acceptors (Lipinski definition) is 1. The molecule has 0 saturated heterocycles. The average molecular weight is 202 g/mol. The first-order valence-electron chi connectivity index (χ1n) is 4.57. The SMILES string of the molecule is Cn1ccn(CC2CC(F)(F)C2)c1=O. The third-order valence-corrected chi connectivity index (χ3v) is 2.65. The third-order valence-electron chi connectivity index (χ3n) is 2.65. The van der Waals surface area contributed by atoms with Crippen LogP contribution in [0.5, 0.6) is 0 Å². The van der Waals surface area contributed by atoms with Gasteiger partial charge in [-0.15, -0.1) is 0 Å². The van der Waals surface area contributed by atoms with Gasteiger partial charge in [-0.2, -0.15) is 0 Å². The third kappa shape index (κ3) is 1.58. The molecule has 1 fully saturated rings. The van der Waals surface area contributed by atoms with E-state index in [0.29, 0.717) is 6.54 Å². The smallest absolute Gasteiger partial charge is 0.302 e. The molecule has 1 aromatic rings. The fraction of sp³-hybridized carbons (Fsp3) is 0.667. The van der Waals surface area contributed by atoms with E-state index in [0.717, 1.165) is 0 Å². The number of rotatable bonds is 2. The van der Waals surface area contributed by atoms with Gasteiger partial charge in [-0.05, 0) is 5.92 Å². The molecule has 14 heavy (non-hydrogen) atoms. The second-order valence-electron chi connectivity index (χ2n) is 3.97. The van der Waals surface area contributed by atoms with Crippen molar-refractivity contribution in [3.8, 4) is 0 Å². The van der Waals surface area contributed by atoms with Crippen LogP contribution in [-0.2, 0) is 13.6 Å². The van der Waals surface area contributed by atoms with Gasteiger partial charge >= 0.3 is 5.69 Å². The average Bonchev–Trinajstić information content (AvgIpc) is 2.33. The van der Waals surface area contributed by atoms with E-state index >= 15 is 0 Å². The summed E-state index contributed by atoms with van der Waals surface area (Å²) in [6.07, 6.45) is 3.10. The molecule has 0 aliphatic heterocycles. The lowest BCUT2D eigenvalue weighted by molar-refractivity contribution is -0.114. The molecule has 1 aliphatic rings. The van der Waals surface area contributed by atoms with Crippen molar-refractivity contribution in [1.29, 1.82) is 0 Å². The van der Waals surface area contributed by atoms with Gasteiger partial charge in [-0.3, -0.25) is 4.57 Å². The highest BCUT2D eigenvalue weighted by molar-refractivity contribution is 4.88. The number of nitrogens with zero attached hydrogens (tertiary/aromatic N) is 2. The lowest BCUT2D eigenvalue weighted by Crippen LogP contribution is -2.39. The molecule has 0 N–H and O–H groups in total. The molecule has 0 aromatic carbocycles. The monoisotopic (exact) mass is 202 g/mol. The fourth-order valence-corrected chi connectivity index (χ4v) is 1.84. The van der Waals surface area contributed by atoms with E-state index < -0.39 is 5.92 Å². The van der Waals surface area contributed by atoms with Crippen LogP contribution in [0.1, 0.15) is 12.8 Å². The largest absolute Gasteiger partial charge is 0.327 e. The molecular formula is C9H12F2N2O. The Balaban J connectivity index is 2.00. The maximum absolute atomic E-state index is 12.5. The van der Waals surface area contributed by atoms with Crippen LogP contribution in [0, 0.1) is 5.92 Å². The topological polar surface area (TPSA) is 26.9 Å². The first kappa shape index (κ1) is 9.43. The van der Waals surface area contributed by atoms with Crippen LogP contribution >= 0.6 is 0 Å². The second-order valence-corrected chi connectivity index (χ2v) is 3.97. The highest BCUT2D eigenvalue weighted by Gasteiger charge is 2.45. The van der Waals surface area contributed by atoms with Crippen molar-refractivity contribution in [3.05, 3.63) is 22.9 Å². The molecule has 1 saturated carbocycles. The Morgan fingerprint density at radius 2 is 2.14 bits per heavy atom. The lowest BCUT2D eigenvalue weighted by atomic mass is 9.81. The number of aromatic nitrogens is 2. The van der Waals surface area contributed by atoms with Crippen LogP contribution < -0.4 is 5.69 Å². The summed E-state index contributed by atoms with van der Waals surface area (Å²) in [6.45, 7) is 0.412. The first-order chi connectivity index (χ1) is 6.48. The molecule has 0 unspecified atom stereocenters. The first-order valence-corrected chi connectivity index (χ1v) is 4.57. The van der Waals surface area contributed by atoms with Gasteiger partial charge in [0.05, 0.1) is 0 Å². The summed E-state index contributed by atoms with van der Waals surface area (Å²) in [5.41, 5.74) is -0.139. The van der Waals surface area contributed by atoms with Crippen molar-refractivity contribution >= 4 is 0 Å². The predicted octanol–water partition coefficient (Wildman–Crippen LogP) is 1.23. The molecular weight excluding hydrogens is 190 g/mol. The van der Waals surface area contributed by atoms with E-state index in [1.54, 1.807) is 19.4 Å². The highest BCUT2D eigenvalue weighted by Crippen LogP contribution is 2.42. The second kappa shape index (κ2) is 2.93. The summed E-state index contributed by atoms with van der Waals surface area (Å²) < 4.78 is 27.9. The normalized spacial score (nSPS) is 20.8. The van der Waals surface area contributed by atoms with Crippen molar-refractivity contribution in [2.24, 2.45) is 13.0 Å². The number of aryl methyl sites for hydroxylation is 1. The minimum Gasteiger partial charge on any atom is -0.302 e. The Bertz CT molecular complexity index is 386. The van der Waals surface area contributed by atoms with Crippen LogP contribution in [0.3, 0.4) is 0 Å². The van der Waals surface area contributed by atoms with Crippen molar-refractivity contribution in [3.63, 3.8) is 0 Å². The van der Waals surface area contributed by atoms with Crippen molar-refractivity contribution in [1.82, 2.24) is 9.13 Å². The zero-order chi connectivity index (χ0) is 10.3. The van der Waals surface area contributed by atoms with Gasteiger partial charge in [0, 0.05) is 38.8 Å². The molecule has 3 nitrogen and oxygen atoms in total. The van der Waals surface area contributed by atoms with E-state index in [1.165, 1.54) is 9.13 Å². The van der Waals surface area contributed by atoms with Gasteiger partial charge in [0.1, 0.15) is 0 Å². The summed E-state index contributed by atoms with van der Waals surface area (Å²) in [4.78, 5) is 11.3. The summed E-state index contributed by atoms with van der Waals surface area (Å²) in [6, 6.07) is 0. The van der Waals surface area contributed by atoms with E-state index in [4.69, 9.17) is 0 Å². The molecule has 1 heterocycles. The van der Waals surface area contributed by atoms with Crippen LogP contribution in [0.25, 0.3) is 0 Å². The molecule has 0 bridgehead atoms. The molecule has 5 heteroatoms. The van der Waals surface area contributed by atoms with Gasteiger partial charge in [-0.25, -0.2) is 13.6 Å². The lowest BCUT2D eigenvalue weighted by Gasteiger charge is -2.34. The summed E-state index contributed by atoms with van der Waals surface area (Å²) in [5, 5.41) is 0. The van der Waals surface area contributed by atoms with E-state index in [-0.39, 0.29) is 24.4 Å². The van der Waals surface area contributed by atoms with Crippen molar-refractivity contribution < 1.29 is 8.78 Å². The molecule has 2 rings (SSSR count). The number of hydrogen-bond donors (Lipinski definition) is 0. The van der Waals surface area contributed by atoms with Crippen molar-refractivity contribution in [2.75, 3.05) is 0 Å².